The SMILES string of the molecule is CCc1nn(C)cc1CNC(CO)c1ccc(Cl)c(F)c1. The lowest BCUT2D eigenvalue weighted by Gasteiger charge is -2.17. The first-order valence-corrected chi connectivity index (χ1v) is 7.23. The summed E-state index contributed by atoms with van der Waals surface area (Å²) >= 11 is 5.67. The number of nitrogens with one attached hydrogen (secondary N) is 1. The first-order chi connectivity index (χ1) is 10.0. The fourth-order valence-electron chi connectivity index (χ4n) is 2.28. The van der Waals surface area contributed by atoms with Gasteiger partial charge in [0.2, 0.25) is 0 Å². The van der Waals surface area contributed by atoms with E-state index in [-0.39, 0.29) is 17.7 Å². The molecule has 0 aliphatic carbocycles. The average Bonchev–Trinajstić information content (AvgIpc) is 2.83. The number of nitrogens with zero attached hydrogens (tertiary/aromatic N) is 2. The zero-order valence-corrected chi connectivity index (χ0v) is 12.9. The van der Waals surface area contributed by atoms with Crippen molar-refractivity contribution < 1.29 is 9.50 Å². The van der Waals surface area contributed by atoms with Crippen LogP contribution < -0.4 is 5.32 Å². The lowest BCUT2D eigenvalue weighted by molar-refractivity contribution is 0.243. The molecule has 2 aromatic rings. The van der Waals surface area contributed by atoms with E-state index in [2.05, 4.69) is 10.4 Å². The van der Waals surface area contributed by atoms with Crippen LogP contribution in [0.1, 0.15) is 29.8 Å². The highest BCUT2D eigenvalue weighted by atomic mass is 35.5. The van der Waals surface area contributed by atoms with Gasteiger partial charge in [0, 0.05) is 25.4 Å². The Balaban J connectivity index is 2.10. The van der Waals surface area contributed by atoms with Gasteiger partial charge in [-0.2, -0.15) is 5.10 Å². The molecule has 1 aromatic carbocycles. The third kappa shape index (κ3) is 3.81. The number of aliphatic hydroxyl groups is 1. The quantitative estimate of drug-likeness (QED) is 0.862. The maximum Gasteiger partial charge on any atom is 0.142 e. The molecule has 1 atom stereocenters. The molecule has 0 fully saturated rings. The Hall–Kier alpha value is -1.43. The van der Waals surface area contributed by atoms with E-state index in [1.54, 1.807) is 10.7 Å². The molecule has 0 radical (unpaired) electrons. The first kappa shape index (κ1) is 15.9. The maximum atomic E-state index is 13.5. The van der Waals surface area contributed by atoms with Gasteiger partial charge in [-0.25, -0.2) is 4.39 Å². The molecule has 0 bridgehead atoms. The highest BCUT2D eigenvalue weighted by Gasteiger charge is 2.14. The molecule has 0 amide bonds. The van der Waals surface area contributed by atoms with Crippen molar-refractivity contribution in [3.8, 4) is 0 Å². The highest BCUT2D eigenvalue weighted by molar-refractivity contribution is 6.30. The summed E-state index contributed by atoms with van der Waals surface area (Å²) in [6, 6.07) is 4.21. The average molecular weight is 312 g/mol. The zero-order valence-electron chi connectivity index (χ0n) is 12.1. The Kier molecular flexibility index (Phi) is 5.33. The summed E-state index contributed by atoms with van der Waals surface area (Å²) in [7, 11) is 1.88. The Morgan fingerprint density at radius 3 is 2.86 bits per heavy atom. The fraction of sp³-hybridized carbons (Fsp3) is 0.400. The standard InChI is InChI=1S/C15H19ClFN3O/c1-3-14-11(8-20(2)19-14)7-18-15(9-21)10-4-5-12(16)13(17)6-10/h4-6,8,15,18,21H,3,7,9H2,1-2H3. The van der Waals surface area contributed by atoms with E-state index in [0.717, 1.165) is 17.7 Å². The normalized spacial score (nSPS) is 12.6. The molecule has 2 rings (SSSR count). The molecule has 2 N–H and O–H groups in total. The molecule has 0 aliphatic heterocycles. The van der Waals surface area contributed by atoms with E-state index in [4.69, 9.17) is 11.6 Å². The Labute approximate surface area is 128 Å². The molecule has 0 saturated heterocycles. The predicted octanol–water partition coefficient (Wildman–Crippen LogP) is 2.60. The number of aromatic nitrogens is 2. The lowest BCUT2D eigenvalue weighted by Crippen LogP contribution is -2.24. The number of hydrogen-bond donors (Lipinski definition) is 2. The Morgan fingerprint density at radius 1 is 1.48 bits per heavy atom. The van der Waals surface area contributed by atoms with Crippen LogP contribution in [0.15, 0.2) is 24.4 Å². The van der Waals surface area contributed by atoms with Crippen molar-refractivity contribution >= 4 is 11.6 Å². The van der Waals surface area contributed by atoms with Crippen molar-refractivity contribution in [2.45, 2.75) is 25.9 Å². The minimum Gasteiger partial charge on any atom is -0.394 e. The van der Waals surface area contributed by atoms with Crippen LogP contribution in [0.25, 0.3) is 0 Å². The largest absolute Gasteiger partial charge is 0.394 e. The summed E-state index contributed by atoms with van der Waals surface area (Å²) < 4.78 is 15.3. The second-order valence-corrected chi connectivity index (χ2v) is 5.33. The maximum absolute atomic E-state index is 13.5. The molecule has 4 nitrogen and oxygen atoms in total. The predicted molar refractivity (Wildman–Crippen MR) is 80.7 cm³/mol. The van der Waals surface area contributed by atoms with E-state index in [1.165, 1.54) is 12.1 Å². The number of rotatable bonds is 6. The molecule has 114 valence electrons. The minimum atomic E-state index is -0.481. The van der Waals surface area contributed by atoms with Crippen molar-refractivity contribution in [2.75, 3.05) is 6.61 Å². The molecule has 0 aliphatic rings. The number of benzene rings is 1. The summed E-state index contributed by atoms with van der Waals surface area (Å²) in [5.74, 6) is -0.481. The monoisotopic (exact) mass is 311 g/mol. The number of aliphatic hydroxyl groups excluding tert-OH is 1. The van der Waals surface area contributed by atoms with Crippen molar-refractivity contribution in [3.63, 3.8) is 0 Å². The second kappa shape index (κ2) is 7.02. The summed E-state index contributed by atoms with van der Waals surface area (Å²) in [4.78, 5) is 0. The van der Waals surface area contributed by atoms with Crippen LogP contribution in [0.3, 0.4) is 0 Å². The topological polar surface area (TPSA) is 50.1 Å². The molecule has 0 spiro atoms. The van der Waals surface area contributed by atoms with Crippen molar-refractivity contribution in [3.05, 3.63) is 52.1 Å². The van der Waals surface area contributed by atoms with Gasteiger partial charge in [-0.05, 0) is 24.1 Å². The van der Waals surface area contributed by atoms with Gasteiger partial charge in [0.1, 0.15) is 5.82 Å². The Bertz CT molecular complexity index is 615. The van der Waals surface area contributed by atoms with Crippen molar-refractivity contribution in [1.82, 2.24) is 15.1 Å². The van der Waals surface area contributed by atoms with Gasteiger partial charge >= 0.3 is 0 Å². The van der Waals surface area contributed by atoms with Gasteiger partial charge in [-0.1, -0.05) is 24.6 Å². The third-order valence-electron chi connectivity index (χ3n) is 3.39. The van der Waals surface area contributed by atoms with Crippen LogP contribution in [-0.4, -0.2) is 21.5 Å². The molecule has 6 heteroatoms. The van der Waals surface area contributed by atoms with Crippen LogP contribution >= 0.6 is 11.6 Å². The smallest absolute Gasteiger partial charge is 0.142 e. The van der Waals surface area contributed by atoms with Crippen LogP contribution in [0.5, 0.6) is 0 Å². The summed E-state index contributed by atoms with van der Waals surface area (Å²) in [6.45, 7) is 2.49. The van der Waals surface area contributed by atoms with E-state index >= 15 is 0 Å². The van der Waals surface area contributed by atoms with Crippen LogP contribution in [0.2, 0.25) is 5.02 Å². The highest BCUT2D eigenvalue weighted by Crippen LogP contribution is 2.20. The first-order valence-electron chi connectivity index (χ1n) is 6.85. The lowest BCUT2D eigenvalue weighted by atomic mass is 10.1. The van der Waals surface area contributed by atoms with Crippen LogP contribution in [-0.2, 0) is 20.0 Å². The summed E-state index contributed by atoms with van der Waals surface area (Å²) in [5, 5.41) is 17.2. The van der Waals surface area contributed by atoms with Gasteiger partial charge in [-0.15, -0.1) is 0 Å². The molecule has 21 heavy (non-hydrogen) atoms. The molecule has 0 saturated carbocycles. The number of hydrogen-bond acceptors (Lipinski definition) is 3. The summed E-state index contributed by atoms with van der Waals surface area (Å²) in [6.07, 6.45) is 2.79. The fourth-order valence-corrected chi connectivity index (χ4v) is 2.40. The van der Waals surface area contributed by atoms with Gasteiger partial charge < -0.3 is 10.4 Å². The van der Waals surface area contributed by atoms with Crippen molar-refractivity contribution in [1.29, 1.82) is 0 Å². The minimum absolute atomic E-state index is 0.0796. The van der Waals surface area contributed by atoms with Crippen molar-refractivity contribution in [2.24, 2.45) is 7.05 Å². The van der Waals surface area contributed by atoms with Crippen LogP contribution in [0, 0.1) is 5.82 Å². The van der Waals surface area contributed by atoms with Gasteiger partial charge in [0.15, 0.2) is 0 Å². The second-order valence-electron chi connectivity index (χ2n) is 4.92. The molecule has 1 unspecified atom stereocenters. The summed E-state index contributed by atoms with van der Waals surface area (Å²) in [5.41, 5.74) is 2.76. The van der Waals surface area contributed by atoms with Gasteiger partial charge in [-0.3, -0.25) is 4.68 Å². The molecular formula is C15H19ClFN3O. The van der Waals surface area contributed by atoms with E-state index in [0.29, 0.717) is 12.1 Å². The molecule has 1 heterocycles. The third-order valence-corrected chi connectivity index (χ3v) is 3.70. The van der Waals surface area contributed by atoms with E-state index < -0.39 is 5.82 Å². The molecular weight excluding hydrogens is 293 g/mol. The van der Waals surface area contributed by atoms with Gasteiger partial charge in [0.25, 0.3) is 0 Å². The number of halogens is 2. The van der Waals surface area contributed by atoms with Crippen LogP contribution in [0.4, 0.5) is 4.39 Å². The zero-order chi connectivity index (χ0) is 15.4. The number of aryl methyl sites for hydroxylation is 2. The van der Waals surface area contributed by atoms with Gasteiger partial charge in [0.05, 0.1) is 23.4 Å². The van der Waals surface area contributed by atoms with E-state index in [1.807, 2.05) is 20.2 Å². The molecule has 1 aromatic heterocycles. The van der Waals surface area contributed by atoms with E-state index in [9.17, 15) is 9.50 Å². The Morgan fingerprint density at radius 2 is 2.24 bits per heavy atom.